The Morgan fingerprint density at radius 3 is 2.38 bits per heavy atom. The van der Waals surface area contributed by atoms with E-state index in [0.29, 0.717) is 28.0 Å². The van der Waals surface area contributed by atoms with E-state index >= 15 is 0 Å². The number of halogens is 3. The Morgan fingerprint density at radius 1 is 1.10 bits per heavy atom. The fourth-order valence-corrected chi connectivity index (χ4v) is 2.51. The van der Waals surface area contributed by atoms with Crippen molar-refractivity contribution in [2.75, 3.05) is 7.05 Å². The predicted molar refractivity (Wildman–Crippen MR) is 88.3 cm³/mol. The highest BCUT2D eigenvalue weighted by atomic mass is 35.5. The molecule has 0 bridgehead atoms. The Kier molecular flexibility index (Phi) is 5.51. The lowest BCUT2D eigenvalue weighted by molar-refractivity contribution is 0.0785. The van der Waals surface area contributed by atoms with Crippen LogP contribution in [0.4, 0.5) is 0 Å². The molecule has 21 heavy (non-hydrogen) atoms. The van der Waals surface area contributed by atoms with Crippen molar-refractivity contribution < 1.29 is 4.79 Å². The molecule has 0 aliphatic heterocycles. The molecule has 2 aromatic rings. The first-order valence-corrected chi connectivity index (χ1v) is 7.65. The van der Waals surface area contributed by atoms with Gasteiger partial charge in [-0.15, -0.1) is 11.6 Å². The van der Waals surface area contributed by atoms with Crippen LogP contribution in [-0.2, 0) is 12.4 Å². The molecule has 0 aliphatic rings. The molecule has 0 saturated heterocycles. The lowest BCUT2D eigenvalue weighted by atomic mass is 10.1. The van der Waals surface area contributed by atoms with E-state index in [1.807, 2.05) is 24.3 Å². The molecule has 0 unspecified atom stereocenters. The maximum absolute atomic E-state index is 12.4. The maximum Gasteiger partial charge on any atom is 0.253 e. The number of benzene rings is 2. The molecule has 2 rings (SSSR count). The van der Waals surface area contributed by atoms with Crippen LogP contribution in [0.15, 0.2) is 42.5 Å². The van der Waals surface area contributed by atoms with Crippen LogP contribution in [0, 0.1) is 0 Å². The van der Waals surface area contributed by atoms with Gasteiger partial charge in [0.15, 0.2) is 0 Å². The topological polar surface area (TPSA) is 20.3 Å². The zero-order chi connectivity index (χ0) is 15.4. The quantitative estimate of drug-likeness (QED) is 0.716. The van der Waals surface area contributed by atoms with Gasteiger partial charge in [-0.05, 0) is 29.3 Å². The minimum Gasteiger partial charge on any atom is -0.337 e. The summed E-state index contributed by atoms with van der Waals surface area (Å²) in [5.74, 6) is 0.356. The molecular formula is C16H14Cl3NO. The standard InChI is InChI=1S/C16H14Cl3NO/c1-20(10-13-3-2-4-14(18)15(13)19)16(21)12-7-5-11(9-17)6-8-12/h2-8H,9-10H2,1H3. The van der Waals surface area contributed by atoms with Crippen LogP contribution < -0.4 is 0 Å². The Morgan fingerprint density at radius 2 is 1.76 bits per heavy atom. The van der Waals surface area contributed by atoms with Crippen molar-refractivity contribution in [3.63, 3.8) is 0 Å². The van der Waals surface area contributed by atoms with Crippen molar-refractivity contribution in [2.24, 2.45) is 0 Å². The van der Waals surface area contributed by atoms with Crippen molar-refractivity contribution in [3.05, 3.63) is 69.2 Å². The second-order valence-corrected chi connectivity index (χ2v) is 5.76. The SMILES string of the molecule is CN(Cc1cccc(Cl)c1Cl)C(=O)c1ccc(CCl)cc1. The highest BCUT2D eigenvalue weighted by molar-refractivity contribution is 6.42. The molecule has 0 heterocycles. The van der Waals surface area contributed by atoms with Crippen LogP contribution >= 0.6 is 34.8 Å². The van der Waals surface area contributed by atoms with Crippen LogP contribution in [0.1, 0.15) is 21.5 Å². The van der Waals surface area contributed by atoms with Crippen LogP contribution in [-0.4, -0.2) is 17.9 Å². The summed E-state index contributed by atoms with van der Waals surface area (Å²) in [6.45, 7) is 0.398. The third-order valence-electron chi connectivity index (χ3n) is 3.14. The van der Waals surface area contributed by atoms with Crippen molar-refractivity contribution in [3.8, 4) is 0 Å². The third-order valence-corrected chi connectivity index (χ3v) is 4.31. The predicted octanol–water partition coefficient (Wildman–Crippen LogP) is 5.00. The van der Waals surface area contributed by atoms with Gasteiger partial charge in [-0.3, -0.25) is 4.79 Å². The van der Waals surface area contributed by atoms with Gasteiger partial charge in [0, 0.05) is 25.0 Å². The monoisotopic (exact) mass is 341 g/mol. The smallest absolute Gasteiger partial charge is 0.253 e. The fourth-order valence-electron chi connectivity index (χ4n) is 1.95. The number of nitrogens with zero attached hydrogens (tertiary/aromatic N) is 1. The number of hydrogen-bond donors (Lipinski definition) is 0. The summed E-state index contributed by atoms with van der Waals surface area (Å²) >= 11 is 17.9. The molecule has 0 aliphatic carbocycles. The summed E-state index contributed by atoms with van der Waals surface area (Å²) < 4.78 is 0. The molecule has 0 fully saturated rings. The van der Waals surface area contributed by atoms with E-state index in [-0.39, 0.29) is 5.91 Å². The van der Waals surface area contributed by atoms with Crippen LogP contribution in [0.3, 0.4) is 0 Å². The van der Waals surface area contributed by atoms with E-state index < -0.39 is 0 Å². The highest BCUT2D eigenvalue weighted by Crippen LogP contribution is 2.26. The number of rotatable bonds is 4. The van der Waals surface area contributed by atoms with E-state index in [0.717, 1.165) is 11.1 Å². The molecule has 0 N–H and O–H groups in total. The Labute approximate surface area is 139 Å². The molecular weight excluding hydrogens is 329 g/mol. The van der Waals surface area contributed by atoms with Crippen molar-refractivity contribution in [1.29, 1.82) is 0 Å². The lowest BCUT2D eigenvalue weighted by Gasteiger charge is -2.18. The summed E-state index contributed by atoms with van der Waals surface area (Å²) in [6, 6.07) is 12.6. The molecule has 2 aromatic carbocycles. The first kappa shape index (κ1) is 16.2. The normalized spacial score (nSPS) is 10.5. The second-order valence-electron chi connectivity index (χ2n) is 4.70. The molecule has 110 valence electrons. The van der Waals surface area contributed by atoms with Gasteiger partial charge >= 0.3 is 0 Å². The average Bonchev–Trinajstić information content (AvgIpc) is 2.51. The second kappa shape index (κ2) is 7.17. The number of carbonyl (C=O) groups is 1. The fraction of sp³-hybridized carbons (Fsp3) is 0.188. The zero-order valence-corrected chi connectivity index (χ0v) is 13.7. The molecule has 0 spiro atoms. The summed E-state index contributed by atoms with van der Waals surface area (Å²) in [5, 5.41) is 0.970. The summed E-state index contributed by atoms with van der Waals surface area (Å²) in [4.78, 5) is 14.0. The summed E-state index contributed by atoms with van der Waals surface area (Å²) in [5.41, 5.74) is 2.41. The van der Waals surface area contributed by atoms with Crippen molar-refractivity contribution in [1.82, 2.24) is 4.90 Å². The molecule has 2 nitrogen and oxygen atoms in total. The molecule has 0 atom stereocenters. The van der Waals surface area contributed by atoms with Gasteiger partial charge in [0.2, 0.25) is 0 Å². The zero-order valence-electron chi connectivity index (χ0n) is 11.4. The van der Waals surface area contributed by atoms with E-state index in [9.17, 15) is 4.79 Å². The first-order chi connectivity index (χ1) is 10.0. The highest BCUT2D eigenvalue weighted by Gasteiger charge is 2.14. The molecule has 5 heteroatoms. The number of amides is 1. The minimum absolute atomic E-state index is 0.0767. The van der Waals surface area contributed by atoms with Crippen molar-refractivity contribution >= 4 is 40.7 Å². The maximum atomic E-state index is 12.4. The minimum atomic E-state index is -0.0767. The van der Waals surface area contributed by atoms with Crippen LogP contribution in [0.25, 0.3) is 0 Å². The van der Waals surface area contributed by atoms with E-state index in [1.165, 1.54) is 0 Å². The third kappa shape index (κ3) is 3.91. The van der Waals surface area contributed by atoms with Crippen LogP contribution in [0.2, 0.25) is 10.0 Å². The Bertz CT molecular complexity index is 640. The van der Waals surface area contributed by atoms with Crippen molar-refractivity contribution in [2.45, 2.75) is 12.4 Å². The molecule has 0 aromatic heterocycles. The van der Waals surface area contributed by atoms with Gasteiger partial charge in [-0.2, -0.15) is 0 Å². The summed E-state index contributed by atoms with van der Waals surface area (Å²) in [6.07, 6.45) is 0. The lowest BCUT2D eigenvalue weighted by Crippen LogP contribution is -2.26. The Balaban J connectivity index is 2.13. The first-order valence-electron chi connectivity index (χ1n) is 6.36. The van der Waals surface area contributed by atoms with Crippen LogP contribution in [0.5, 0.6) is 0 Å². The van der Waals surface area contributed by atoms with Gasteiger partial charge in [0.05, 0.1) is 10.0 Å². The number of carbonyl (C=O) groups excluding carboxylic acids is 1. The molecule has 0 radical (unpaired) electrons. The summed E-state index contributed by atoms with van der Waals surface area (Å²) in [7, 11) is 1.73. The van der Waals surface area contributed by atoms with Gasteiger partial charge in [-0.25, -0.2) is 0 Å². The Hall–Kier alpha value is -1.22. The molecule has 0 saturated carbocycles. The van der Waals surface area contributed by atoms with E-state index in [2.05, 4.69) is 0 Å². The molecule has 1 amide bonds. The van der Waals surface area contributed by atoms with Gasteiger partial charge in [0.25, 0.3) is 5.91 Å². The van der Waals surface area contributed by atoms with Gasteiger partial charge in [-0.1, -0.05) is 47.5 Å². The number of hydrogen-bond acceptors (Lipinski definition) is 1. The van der Waals surface area contributed by atoms with Gasteiger partial charge in [0.1, 0.15) is 0 Å². The average molecular weight is 343 g/mol. The number of alkyl halides is 1. The van der Waals surface area contributed by atoms with Gasteiger partial charge < -0.3 is 4.90 Å². The van der Waals surface area contributed by atoms with E-state index in [4.69, 9.17) is 34.8 Å². The largest absolute Gasteiger partial charge is 0.337 e. The van der Waals surface area contributed by atoms with E-state index in [1.54, 1.807) is 30.1 Å².